The van der Waals surface area contributed by atoms with Crippen LogP contribution in [0, 0.1) is 13.8 Å². The van der Waals surface area contributed by atoms with Gasteiger partial charge in [-0.15, -0.1) is 0 Å². The third kappa shape index (κ3) is 2.49. The molecular weight excluding hydrogens is 252 g/mol. The topological polar surface area (TPSA) is 68.3 Å². The maximum absolute atomic E-state index is 11.9. The summed E-state index contributed by atoms with van der Waals surface area (Å²) in [6.07, 6.45) is 0. The minimum Gasteiger partial charge on any atom is -0.436 e. The van der Waals surface area contributed by atoms with Crippen molar-refractivity contribution in [3.05, 3.63) is 46.2 Å². The van der Waals surface area contributed by atoms with E-state index in [2.05, 4.69) is 5.32 Å². The Hall–Kier alpha value is -1.94. The van der Waals surface area contributed by atoms with Crippen molar-refractivity contribution in [1.82, 2.24) is 0 Å². The van der Waals surface area contributed by atoms with Crippen LogP contribution in [0.1, 0.15) is 21.7 Å². The van der Waals surface area contributed by atoms with E-state index in [0.717, 1.165) is 11.1 Å². The zero-order chi connectivity index (χ0) is 13.3. The number of nitrogen functional groups attached to an aromatic ring is 1. The van der Waals surface area contributed by atoms with Crippen molar-refractivity contribution in [2.75, 3.05) is 11.1 Å². The highest BCUT2D eigenvalue weighted by Crippen LogP contribution is 2.28. The molecule has 0 bridgehead atoms. The molecule has 0 fully saturated rings. The fourth-order valence-electron chi connectivity index (χ4n) is 1.72. The minimum absolute atomic E-state index is 0.156. The van der Waals surface area contributed by atoms with E-state index < -0.39 is 0 Å². The fourth-order valence-corrected chi connectivity index (χ4v) is 2.09. The molecule has 1 aromatic heterocycles. The maximum atomic E-state index is 11.9. The van der Waals surface area contributed by atoms with Crippen LogP contribution in [0.25, 0.3) is 0 Å². The van der Waals surface area contributed by atoms with E-state index in [1.807, 2.05) is 19.9 Å². The maximum Gasteiger partial charge on any atom is 0.291 e. The minimum atomic E-state index is -0.374. The number of amides is 1. The summed E-state index contributed by atoms with van der Waals surface area (Å²) in [5.74, 6) is -0.0176. The first-order chi connectivity index (χ1) is 8.47. The zero-order valence-electron chi connectivity index (χ0n) is 10.1. The molecule has 0 unspecified atom stereocenters. The van der Waals surface area contributed by atoms with E-state index in [0.29, 0.717) is 10.7 Å². The Kier molecular flexibility index (Phi) is 3.30. The van der Waals surface area contributed by atoms with Gasteiger partial charge in [0.2, 0.25) is 0 Å². The van der Waals surface area contributed by atoms with Crippen molar-refractivity contribution in [2.45, 2.75) is 13.8 Å². The quantitative estimate of drug-likeness (QED) is 0.874. The lowest BCUT2D eigenvalue weighted by molar-refractivity contribution is 0.0997. The van der Waals surface area contributed by atoms with Crippen LogP contribution in [-0.2, 0) is 0 Å². The molecule has 0 saturated carbocycles. The first-order valence-corrected chi connectivity index (χ1v) is 5.78. The molecule has 5 heteroatoms. The number of hydrogen-bond acceptors (Lipinski definition) is 3. The number of hydrogen-bond donors (Lipinski definition) is 2. The zero-order valence-corrected chi connectivity index (χ0v) is 10.8. The van der Waals surface area contributed by atoms with Gasteiger partial charge in [-0.3, -0.25) is 4.79 Å². The van der Waals surface area contributed by atoms with Gasteiger partial charge in [-0.05, 0) is 37.1 Å². The highest BCUT2D eigenvalue weighted by molar-refractivity contribution is 6.34. The van der Waals surface area contributed by atoms with E-state index in [1.54, 1.807) is 6.07 Å². The van der Waals surface area contributed by atoms with Gasteiger partial charge in [-0.1, -0.05) is 17.7 Å². The van der Waals surface area contributed by atoms with Crippen molar-refractivity contribution < 1.29 is 9.21 Å². The fraction of sp³-hybridized carbons (Fsp3) is 0.154. The highest BCUT2D eigenvalue weighted by Gasteiger charge is 2.14. The molecule has 0 spiro atoms. The van der Waals surface area contributed by atoms with E-state index in [4.69, 9.17) is 21.8 Å². The molecule has 4 nitrogen and oxygen atoms in total. The van der Waals surface area contributed by atoms with Crippen LogP contribution >= 0.6 is 11.6 Å². The summed E-state index contributed by atoms with van der Waals surface area (Å²) in [5.41, 5.74) is 7.94. The van der Waals surface area contributed by atoms with Crippen molar-refractivity contribution in [2.24, 2.45) is 0 Å². The van der Waals surface area contributed by atoms with Crippen molar-refractivity contribution >= 4 is 29.1 Å². The molecule has 0 radical (unpaired) electrons. The summed E-state index contributed by atoms with van der Waals surface area (Å²) in [7, 11) is 0. The largest absolute Gasteiger partial charge is 0.436 e. The average Bonchev–Trinajstić information content (AvgIpc) is 2.70. The van der Waals surface area contributed by atoms with Gasteiger partial charge in [0.1, 0.15) is 0 Å². The number of furan rings is 1. The molecule has 1 amide bonds. The van der Waals surface area contributed by atoms with Crippen molar-refractivity contribution in [1.29, 1.82) is 0 Å². The predicted octanol–water partition coefficient (Wildman–Crippen LogP) is 3.38. The van der Waals surface area contributed by atoms with Crippen LogP contribution < -0.4 is 11.1 Å². The van der Waals surface area contributed by atoms with Crippen molar-refractivity contribution in [3.8, 4) is 0 Å². The van der Waals surface area contributed by atoms with Crippen LogP contribution in [0.2, 0.25) is 5.02 Å². The normalized spacial score (nSPS) is 10.4. The Morgan fingerprint density at radius 2 is 2.06 bits per heavy atom. The summed E-state index contributed by atoms with van der Waals surface area (Å²) in [5, 5.41) is 3.22. The number of aryl methyl sites for hydroxylation is 2. The lowest BCUT2D eigenvalue weighted by atomic mass is 10.1. The highest BCUT2D eigenvalue weighted by atomic mass is 35.5. The molecule has 3 N–H and O–H groups in total. The number of carbonyl (C=O) groups excluding carboxylic acids is 1. The number of halogens is 1. The number of carbonyl (C=O) groups is 1. The molecule has 0 aliphatic carbocycles. The van der Waals surface area contributed by atoms with Gasteiger partial charge in [0.05, 0.1) is 10.7 Å². The molecule has 0 saturated heterocycles. The smallest absolute Gasteiger partial charge is 0.291 e. The lowest BCUT2D eigenvalue weighted by Crippen LogP contribution is -2.12. The SMILES string of the molecule is Cc1cc(C)c(NC(=O)c2ccc(N)o2)c(Cl)c1. The molecule has 18 heavy (non-hydrogen) atoms. The van der Waals surface area contributed by atoms with E-state index in [9.17, 15) is 4.79 Å². The molecule has 2 rings (SSSR count). The third-order valence-electron chi connectivity index (χ3n) is 2.52. The number of rotatable bonds is 2. The van der Waals surface area contributed by atoms with Crippen molar-refractivity contribution in [3.63, 3.8) is 0 Å². The second kappa shape index (κ2) is 4.74. The van der Waals surface area contributed by atoms with Crippen LogP contribution in [0.15, 0.2) is 28.7 Å². The molecule has 0 aliphatic rings. The molecule has 1 aromatic carbocycles. The first-order valence-electron chi connectivity index (χ1n) is 5.41. The molecule has 0 aliphatic heterocycles. The summed E-state index contributed by atoms with van der Waals surface area (Å²) >= 11 is 6.10. The monoisotopic (exact) mass is 264 g/mol. The lowest BCUT2D eigenvalue weighted by Gasteiger charge is -2.10. The number of benzene rings is 1. The second-order valence-electron chi connectivity index (χ2n) is 4.09. The number of anilines is 2. The molecule has 94 valence electrons. The van der Waals surface area contributed by atoms with Gasteiger partial charge in [0.15, 0.2) is 11.6 Å². The van der Waals surface area contributed by atoms with Crippen LogP contribution in [-0.4, -0.2) is 5.91 Å². The van der Waals surface area contributed by atoms with E-state index >= 15 is 0 Å². The third-order valence-corrected chi connectivity index (χ3v) is 2.82. The Balaban J connectivity index is 2.27. The summed E-state index contributed by atoms with van der Waals surface area (Å²) in [6, 6.07) is 6.78. The van der Waals surface area contributed by atoms with Gasteiger partial charge >= 0.3 is 0 Å². The molecule has 2 aromatic rings. The van der Waals surface area contributed by atoms with Gasteiger partial charge < -0.3 is 15.5 Å². The van der Waals surface area contributed by atoms with Gasteiger partial charge in [-0.25, -0.2) is 0 Å². The number of nitrogens with two attached hydrogens (primary N) is 1. The Morgan fingerprint density at radius 3 is 2.61 bits per heavy atom. The average molecular weight is 265 g/mol. The van der Waals surface area contributed by atoms with Crippen LogP contribution in [0.4, 0.5) is 11.6 Å². The second-order valence-corrected chi connectivity index (χ2v) is 4.50. The van der Waals surface area contributed by atoms with Gasteiger partial charge in [0.25, 0.3) is 5.91 Å². The standard InChI is InChI=1S/C13H13ClN2O2/c1-7-5-8(2)12(9(14)6-7)16-13(17)10-3-4-11(15)18-10/h3-6H,15H2,1-2H3,(H,16,17). The Bertz CT molecular complexity index is 582. The van der Waals surface area contributed by atoms with E-state index in [-0.39, 0.29) is 17.6 Å². The first kappa shape index (κ1) is 12.5. The summed E-state index contributed by atoms with van der Waals surface area (Å²) in [4.78, 5) is 11.9. The predicted molar refractivity (Wildman–Crippen MR) is 72.0 cm³/mol. The molecule has 0 atom stereocenters. The summed E-state index contributed by atoms with van der Waals surface area (Å²) < 4.78 is 5.04. The van der Waals surface area contributed by atoms with Gasteiger partial charge in [-0.2, -0.15) is 0 Å². The molecule has 1 heterocycles. The Morgan fingerprint density at radius 1 is 1.33 bits per heavy atom. The summed E-state index contributed by atoms with van der Waals surface area (Å²) in [6.45, 7) is 3.82. The van der Waals surface area contributed by atoms with Crippen LogP contribution in [0.5, 0.6) is 0 Å². The van der Waals surface area contributed by atoms with E-state index in [1.165, 1.54) is 12.1 Å². The van der Waals surface area contributed by atoms with Crippen LogP contribution in [0.3, 0.4) is 0 Å². The Labute approximate surface area is 110 Å². The van der Waals surface area contributed by atoms with Gasteiger partial charge in [0, 0.05) is 6.07 Å². The molecular formula is C13H13ClN2O2. The number of nitrogens with one attached hydrogen (secondary N) is 1.